The number of para-hydroxylation sites is 1. The Morgan fingerprint density at radius 2 is 2.25 bits per heavy atom. The molecular weight excluding hydrogens is 196 g/mol. The zero-order valence-corrected chi connectivity index (χ0v) is 9.95. The second kappa shape index (κ2) is 3.77. The highest BCUT2D eigenvalue weighted by molar-refractivity contribution is 5.64. The summed E-state index contributed by atoms with van der Waals surface area (Å²) in [6, 6.07) is 6.75. The number of hydrogen-bond donors (Lipinski definition) is 1. The van der Waals surface area contributed by atoms with Gasteiger partial charge in [0.15, 0.2) is 0 Å². The van der Waals surface area contributed by atoms with E-state index in [-0.39, 0.29) is 6.04 Å². The average molecular weight is 216 g/mol. The van der Waals surface area contributed by atoms with Gasteiger partial charge in [-0.05, 0) is 43.2 Å². The van der Waals surface area contributed by atoms with Gasteiger partial charge in [-0.15, -0.1) is 0 Å². The van der Waals surface area contributed by atoms with E-state index in [1.54, 1.807) is 0 Å². The quantitative estimate of drug-likeness (QED) is 0.841. The molecule has 1 aromatic rings. The molecule has 0 aromatic heterocycles. The fourth-order valence-electron chi connectivity index (χ4n) is 2.73. The highest BCUT2D eigenvalue weighted by atomic mass is 15.2. The van der Waals surface area contributed by atoms with Crippen LogP contribution in [0.1, 0.15) is 36.9 Å². The Hall–Kier alpha value is -1.02. The van der Waals surface area contributed by atoms with Crippen molar-refractivity contribution < 1.29 is 0 Å². The molecule has 1 aliphatic heterocycles. The molecule has 2 nitrogen and oxygen atoms in total. The van der Waals surface area contributed by atoms with E-state index in [0.29, 0.717) is 0 Å². The predicted octanol–water partition coefficient (Wildman–Crippen LogP) is 2.48. The topological polar surface area (TPSA) is 29.3 Å². The van der Waals surface area contributed by atoms with E-state index in [4.69, 9.17) is 5.73 Å². The Morgan fingerprint density at radius 3 is 2.94 bits per heavy atom. The second-order valence-electron chi connectivity index (χ2n) is 5.28. The third kappa shape index (κ3) is 1.71. The Kier molecular flexibility index (Phi) is 2.40. The number of nitrogens with zero attached hydrogens (tertiary/aromatic N) is 1. The Balaban J connectivity index is 1.94. The molecule has 1 atom stereocenters. The van der Waals surface area contributed by atoms with Gasteiger partial charge < -0.3 is 10.6 Å². The SMILES string of the molecule is CC(N)c1cccc2c1N(CC1CC1)CC2. The lowest BCUT2D eigenvalue weighted by Gasteiger charge is -2.23. The molecule has 3 rings (SSSR count). The van der Waals surface area contributed by atoms with Crippen LogP contribution in [0.4, 0.5) is 5.69 Å². The standard InChI is InChI=1S/C14H20N2/c1-10(15)13-4-2-3-12-7-8-16(14(12)13)9-11-5-6-11/h2-4,10-11H,5-9,15H2,1H3. The van der Waals surface area contributed by atoms with Crippen molar-refractivity contribution in [3.8, 4) is 0 Å². The van der Waals surface area contributed by atoms with Crippen molar-refractivity contribution >= 4 is 5.69 Å². The van der Waals surface area contributed by atoms with Crippen LogP contribution < -0.4 is 10.6 Å². The number of hydrogen-bond acceptors (Lipinski definition) is 2. The third-order valence-electron chi connectivity index (χ3n) is 3.78. The minimum absolute atomic E-state index is 0.148. The van der Waals surface area contributed by atoms with Gasteiger partial charge in [-0.25, -0.2) is 0 Å². The Bertz CT molecular complexity index is 394. The molecule has 1 aromatic carbocycles. The molecule has 16 heavy (non-hydrogen) atoms. The van der Waals surface area contributed by atoms with Crippen molar-refractivity contribution in [2.45, 2.75) is 32.2 Å². The minimum atomic E-state index is 0.148. The average Bonchev–Trinajstić information content (AvgIpc) is 2.98. The van der Waals surface area contributed by atoms with Crippen LogP contribution >= 0.6 is 0 Å². The van der Waals surface area contributed by atoms with Crippen molar-refractivity contribution in [1.82, 2.24) is 0 Å². The molecule has 2 N–H and O–H groups in total. The van der Waals surface area contributed by atoms with Gasteiger partial charge in [0.2, 0.25) is 0 Å². The Morgan fingerprint density at radius 1 is 1.44 bits per heavy atom. The van der Waals surface area contributed by atoms with E-state index in [1.165, 1.54) is 49.2 Å². The van der Waals surface area contributed by atoms with Gasteiger partial charge in [-0.2, -0.15) is 0 Å². The predicted molar refractivity (Wildman–Crippen MR) is 67.7 cm³/mol. The number of nitrogens with two attached hydrogens (primary N) is 1. The van der Waals surface area contributed by atoms with Gasteiger partial charge in [-0.3, -0.25) is 0 Å². The second-order valence-corrected chi connectivity index (χ2v) is 5.28. The van der Waals surface area contributed by atoms with Crippen LogP contribution in [-0.2, 0) is 6.42 Å². The van der Waals surface area contributed by atoms with Gasteiger partial charge in [0.05, 0.1) is 0 Å². The van der Waals surface area contributed by atoms with E-state index in [1.807, 2.05) is 0 Å². The van der Waals surface area contributed by atoms with Crippen LogP contribution in [0.2, 0.25) is 0 Å². The van der Waals surface area contributed by atoms with Crippen LogP contribution in [0.3, 0.4) is 0 Å². The monoisotopic (exact) mass is 216 g/mol. The first-order valence-corrected chi connectivity index (χ1v) is 6.38. The summed E-state index contributed by atoms with van der Waals surface area (Å²) in [5.41, 5.74) is 10.3. The highest BCUT2D eigenvalue weighted by Gasteiger charge is 2.29. The van der Waals surface area contributed by atoms with Gasteiger partial charge >= 0.3 is 0 Å². The van der Waals surface area contributed by atoms with Crippen LogP contribution in [0.25, 0.3) is 0 Å². The van der Waals surface area contributed by atoms with E-state index < -0.39 is 0 Å². The summed E-state index contributed by atoms with van der Waals surface area (Å²) in [4.78, 5) is 2.56. The van der Waals surface area contributed by atoms with Crippen LogP contribution in [0.15, 0.2) is 18.2 Å². The van der Waals surface area contributed by atoms with Crippen molar-refractivity contribution in [2.75, 3.05) is 18.0 Å². The van der Waals surface area contributed by atoms with Crippen LogP contribution in [0.5, 0.6) is 0 Å². The van der Waals surface area contributed by atoms with Crippen LogP contribution in [0, 0.1) is 5.92 Å². The number of fused-ring (bicyclic) bond motifs is 1. The molecule has 86 valence electrons. The normalized spacial score (nSPS) is 21.0. The van der Waals surface area contributed by atoms with Gasteiger partial charge in [0, 0.05) is 24.8 Å². The van der Waals surface area contributed by atoms with Gasteiger partial charge in [-0.1, -0.05) is 18.2 Å². The maximum Gasteiger partial charge on any atom is 0.0447 e. The van der Waals surface area contributed by atoms with Crippen molar-refractivity contribution in [2.24, 2.45) is 11.7 Å². The fraction of sp³-hybridized carbons (Fsp3) is 0.571. The fourth-order valence-corrected chi connectivity index (χ4v) is 2.73. The van der Waals surface area contributed by atoms with E-state index in [0.717, 1.165) is 5.92 Å². The molecule has 1 unspecified atom stereocenters. The first kappa shape index (κ1) is 10.2. The summed E-state index contributed by atoms with van der Waals surface area (Å²) in [5, 5.41) is 0. The molecule has 0 radical (unpaired) electrons. The maximum atomic E-state index is 6.07. The van der Waals surface area contributed by atoms with E-state index in [9.17, 15) is 0 Å². The molecule has 1 heterocycles. The summed E-state index contributed by atoms with van der Waals surface area (Å²) < 4.78 is 0. The third-order valence-corrected chi connectivity index (χ3v) is 3.78. The summed E-state index contributed by atoms with van der Waals surface area (Å²) in [6.07, 6.45) is 4.04. The Labute approximate surface area is 97.4 Å². The molecule has 0 amide bonds. The van der Waals surface area contributed by atoms with Gasteiger partial charge in [0.25, 0.3) is 0 Å². The lowest BCUT2D eigenvalue weighted by molar-refractivity contribution is 0.735. The molecule has 1 saturated carbocycles. The smallest absolute Gasteiger partial charge is 0.0447 e. The first-order chi connectivity index (χ1) is 7.75. The van der Waals surface area contributed by atoms with Crippen molar-refractivity contribution in [3.63, 3.8) is 0 Å². The molecule has 0 saturated heterocycles. The van der Waals surface area contributed by atoms with E-state index >= 15 is 0 Å². The molecular formula is C14H20N2. The number of benzene rings is 1. The maximum absolute atomic E-state index is 6.07. The molecule has 1 aliphatic carbocycles. The summed E-state index contributed by atoms with van der Waals surface area (Å²) in [7, 11) is 0. The van der Waals surface area contributed by atoms with Gasteiger partial charge in [0.1, 0.15) is 0 Å². The minimum Gasteiger partial charge on any atom is -0.370 e. The lowest BCUT2D eigenvalue weighted by atomic mass is 10.0. The molecule has 2 heteroatoms. The largest absolute Gasteiger partial charge is 0.370 e. The molecule has 0 bridgehead atoms. The highest BCUT2D eigenvalue weighted by Crippen LogP contribution is 2.38. The summed E-state index contributed by atoms with van der Waals surface area (Å²) in [5.74, 6) is 0.951. The van der Waals surface area contributed by atoms with E-state index in [2.05, 4.69) is 30.0 Å². The lowest BCUT2D eigenvalue weighted by Crippen LogP contribution is -2.25. The van der Waals surface area contributed by atoms with Crippen LogP contribution in [-0.4, -0.2) is 13.1 Å². The molecule has 1 fully saturated rings. The summed E-state index contributed by atoms with van der Waals surface area (Å²) in [6.45, 7) is 4.52. The number of rotatable bonds is 3. The van der Waals surface area contributed by atoms with Crippen molar-refractivity contribution in [1.29, 1.82) is 0 Å². The zero-order valence-electron chi connectivity index (χ0n) is 9.95. The summed E-state index contributed by atoms with van der Waals surface area (Å²) >= 11 is 0. The first-order valence-electron chi connectivity index (χ1n) is 6.38. The van der Waals surface area contributed by atoms with Crippen molar-refractivity contribution in [3.05, 3.63) is 29.3 Å². The number of anilines is 1. The zero-order chi connectivity index (χ0) is 11.1. The molecule has 0 spiro atoms. The molecule has 2 aliphatic rings.